The number of nitrogens with one attached hydrogen (secondary N) is 3. The molecule has 25 heavy (non-hydrogen) atoms. The third kappa shape index (κ3) is 3.48. The van der Waals surface area contributed by atoms with Crippen molar-refractivity contribution >= 4 is 37.7 Å². The molecule has 0 saturated carbocycles. The van der Waals surface area contributed by atoms with Gasteiger partial charge in [-0.2, -0.15) is 5.10 Å². The van der Waals surface area contributed by atoms with E-state index in [1.165, 1.54) is 22.0 Å². The molecule has 0 bridgehead atoms. The molecule has 0 fully saturated rings. The van der Waals surface area contributed by atoms with Crippen molar-refractivity contribution in [2.75, 3.05) is 0 Å². The number of H-pyrrole nitrogens is 2. The minimum atomic E-state index is -0.0111. The Morgan fingerprint density at radius 2 is 1.96 bits per heavy atom. The fourth-order valence-electron chi connectivity index (χ4n) is 3.28. The summed E-state index contributed by atoms with van der Waals surface area (Å²) in [6, 6.07) is 12.8. The fraction of sp³-hybridized carbons (Fsp3) is 0.250. The third-order valence-electron chi connectivity index (χ3n) is 4.64. The van der Waals surface area contributed by atoms with Crippen LogP contribution < -0.4 is 5.32 Å². The first-order valence-corrected chi connectivity index (χ1v) is 9.22. The van der Waals surface area contributed by atoms with Gasteiger partial charge in [-0.1, -0.05) is 22.0 Å². The van der Waals surface area contributed by atoms with Crippen molar-refractivity contribution in [2.45, 2.75) is 32.4 Å². The lowest BCUT2D eigenvalue weighted by molar-refractivity contribution is 0.385. The van der Waals surface area contributed by atoms with Gasteiger partial charge in [0.1, 0.15) is 0 Å². The van der Waals surface area contributed by atoms with Crippen molar-refractivity contribution in [2.24, 2.45) is 0 Å². The maximum absolute atomic E-state index is 4.08. The van der Waals surface area contributed by atoms with E-state index in [4.69, 9.17) is 0 Å². The SMILES string of the molecule is CC(C)(Cc1c[nH]c2ccc(Br)cc12)NCc1ccc2[nH]ncc2c1. The molecule has 3 N–H and O–H groups in total. The maximum Gasteiger partial charge on any atom is 0.0650 e. The van der Waals surface area contributed by atoms with Crippen molar-refractivity contribution in [3.05, 3.63) is 64.4 Å². The highest BCUT2D eigenvalue weighted by Gasteiger charge is 2.20. The van der Waals surface area contributed by atoms with Crippen LogP contribution in [0.5, 0.6) is 0 Å². The van der Waals surface area contributed by atoms with E-state index in [2.05, 4.69) is 92.9 Å². The molecule has 0 amide bonds. The molecule has 0 aliphatic carbocycles. The zero-order chi connectivity index (χ0) is 17.4. The Bertz CT molecular complexity index is 1030. The first-order valence-electron chi connectivity index (χ1n) is 8.43. The number of benzene rings is 2. The lowest BCUT2D eigenvalue weighted by Gasteiger charge is -2.26. The van der Waals surface area contributed by atoms with E-state index in [0.29, 0.717) is 0 Å². The molecule has 0 aliphatic heterocycles. The predicted octanol–water partition coefficient (Wildman–Crippen LogP) is 4.92. The zero-order valence-electron chi connectivity index (χ0n) is 14.4. The molecule has 2 heterocycles. The monoisotopic (exact) mass is 396 g/mol. The van der Waals surface area contributed by atoms with Crippen molar-refractivity contribution < 1.29 is 0 Å². The van der Waals surface area contributed by atoms with E-state index in [0.717, 1.165) is 28.3 Å². The molecule has 4 nitrogen and oxygen atoms in total. The van der Waals surface area contributed by atoms with Crippen LogP contribution in [0, 0.1) is 0 Å². The number of fused-ring (bicyclic) bond motifs is 2. The second kappa shape index (κ2) is 6.32. The molecular formula is C20H21BrN4. The Kier molecular flexibility index (Phi) is 4.13. The maximum atomic E-state index is 4.08. The van der Waals surface area contributed by atoms with E-state index >= 15 is 0 Å². The highest BCUT2D eigenvalue weighted by Crippen LogP contribution is 2.26. The molecule has 0 radical (unpaired) electrons. The number of rotatable bonds is 5. The molecule has 0 unspecified atom stereocenters. The molecule has 4 aromatic rings. The number of hydrogen-bond donors (Lipinski definition) is 3. The summed E-state index contributed by atoms with van der Waals surface area (Å²) in [5, 5.41) is 13.2. The summed E-state index contributed by atoms with van der Waals surface area (Å²) in [5.41, 5.74) is 4.84. The molecule has 0 atom stereocenters. The molecule has 4 rings (SSSR count). The van der Waals surface area contributed by atoms with Crippen LogP contribution >= 0.6 is 15.9 Å². The van der Waals surface area contributed by atoms with Crippen LogP contribution in [0.25, 0.3) is 21.8 Å². The van der Waals surface area contributed by atoms with Crippen molar-refractivity contribution in [3.63, 3.8) is 0 Å². The minimum absolute atomic E-state index is 0.0111. The van der Waals surface area contributed by atoms with Gasteiger partial charge in [-0.15, -0.1) is 0 Å². The van der Waals surface area contributed by atoms with Crippen LogP contribution in [0.1, 0.15) is 25.0 Å². The summed E-state index contributed by atoms with van der Waals surface area (Å²) < 4.78 is 1.11. The summed E-state index contributed by atoms with van der Waals surface area (Å²) in [4.78, 5) is 3.37. The summed E-state index contributed by atoms with van der Waals surface area (Å²) >= 11 is 3.57. The average Bonchev–Trinajstić information content (AvgIpc) is 3.19. The van der Waals surface area contributed by atoms with Gasteiger partial charge in [-0.3, -0.25) is 5.10 Å². The lowest BCUT2D eigenvalue weighted by atomic mass is 9.94. The second-order valence-corrected chi connectivity index (χ2v) is 8.13. The quantitative estimate of drug-likeness (QED) is 0.448. The van der Waals surface area contributed by atoms with Gasteiger partial charge in [0.25, 0.3) is 0 Å². The number of aromatic nitrogens is 3. The minimum Gasteiger partial charge on any atom is -0.361 e. The van der Waals surface area contributed by atoms with E-state index in [-0.39, 0.29) is 5.54 Å². The first kappa shape index (κ1) is 16.4. The normalized spacial score (nSPS) is 12.3. The van der Waals surface area contributed by atoms with Crippen LogP contribution in [0.4, 0.5) is 0 Å². The number of nitrogens with zero attached hydrogens (tertiary/aromatic N) is 1. The number of halogens is 1. The van der Waals surface area contributed by atoms with Gasteiger partial charge in [0, 0.05) is 39.0 Å². The first-order chi connectivity index (χ1) is 12.0. The Labute approximate surface area is 155 Å². The Hall–Kier alpha value is -2.11. The van der Waals surface area contributed by atoms with Crippen molar-refractivity contribution in [1.29, 1.82) is 0 Å². The van der Waals surface area contributed by atoms with Crippen molar-refractivity contribution in [1.82, 2.24) is 20.5 Å². The highest BCUT2D eigenvalue weighted by molar-refractivity contribution is 9.10. The molecule has 0 spiro atoms. The Morgan fingerprint density at radius 3 is 2.84 bits per heavy atom. The molecule has 128 valence electrons. The van der Waals surface area contributed by atoms with Gasteiger partial charge in [-0.05, 0) is 61.7 Å². The summed E-state index contributed by atoms with van der Waals surface area (Å²) in [6.45, 7) is 5.33. The molecule has 0 saturated heterocycles. The van der Waals surface area contributed by atoms with E-state index in [9.17, 15) is 0 Å². The third-order valence-corrected chi connectivity index (χ3v) is 5.13. The van der Waals surface area contributed by atoms with E-state index in [1.54, 1.807) is 0 Å². The standard InChI is InChI=1S/C20H21BrN4/c1-20(2,9-15-11-22-19-6-4-16(21)8-17(15)19)23-10-13-3-5-18-14(7-13)12-24-25-18/h3-8,11-12,22-23H,9-10H2,1-2H3,(H,24,25). The van der Waals surface area contributed by atoms with Gasteiger partial charge < -0.3 is 10.3 Å². The fourth-order valence-corrected chi connectivity index (χ4v) is 3.64. The number of aromatic amines is 2. The average molecular weight is 397 g/mol. The molecule has 0 aliphatic rings. The summed E-state index contributed by atoms with van der Waals surface area (Å²) in [5.74, 6) is 0. The highest BCUT2D eigenvalue weighted by atomic mass is 79.9. The number of hydrogen-bond acceptors (Lipinski definition) is 2. The van der Waals surface area contributed by atoms with Crippen LogP contribution in [0.15, 0.2) is 53.3 Å². The molecule has 2 aromatic heterocycles. The van der Waals surface area contributed by atoms with Gasteiger partial charge >= 0.3 is 0 Å². The smallest absolute Gasteiger partial charge is 0.0650 e. The summed E-state index contributed by atoms with van der Waals surface area (Å²) in [7, 11) is 0. The van der Waals surface area contributed by atoms with Crippen LogP contribution in [0.2, 0.25) is 0 Å². The molecular weight excluding hydrogens is 376 g/mol. The molecule has 2 aromatic carbocycles. The Balaban J connectivity index is 1.49. The molecule has 5 heteroatoms. The van der Waals surface area contributed by atoms with Crippen LogP contribution in [0.3, 0.4) is 0 Å². The summed E-state index contributed by atoms with van der Waals surface area (Å²) in [6.07, 6.45) is 4.95. The van der Waals surface area contributed by atoms with Gasteiger partial charge in [0.15, 0.2) is 0 Å². The lowest BCUT2D eigenvalue weighted by Crippen LogP contribution is -2.40. The van der Waals surface area contributed by atoms with Crippen LogP contribution in [-0.4, -0.2) is 20.7 Å². The largest absolute Gasteiger partial charge is 0.361 e. The van der Waals surface area contributed by atoms with E-state index < -0.39 is 0 Å². The van der Waals surface area contributed by atoms with Gasteiger partial charge in [0.2, 0.25) is 0 Å². The van der Waals surface area contributed by atoms with Crippen LogP contribution in [-0.2, 0) is 13.0 Å². The Morgan fingerprint density at radius 1 is 1.12 bits per heavy atom. The van der Waals surface area contributed by atoms with E-state index in [1.807, 2.05) is 6.20 Å². The van der Waals surface area contributed by atoms with Gasteiger partial charge in [0.05, 0.1) is 11.7 Å². The topological polar surface area (TPSA) is 56.5 Å². The van der Waals surface area contributed by atoms with Crippen molar-refractivity contribution in [3.8, 4) is 0 Å². The second-order valence-electron chi connectivity index (χ2n) is 7.21. The van der Waals surface area contributed by atoms with Gasteiger partial charge in [-0.25, -0.2) is 0 Å². The predicted molar refractivity (Wildman–Crippen MR) is 107 cm³/mol. The zero-order valence-corrected chi connectivity index (χ0v) is 15.9.